The molecule has 0 nitrogen and oxygen atoms in total. The first kappa shape index (κ1) is 13.9. The van der Waals surface area contributed by atoms with Crippen LogP contribution in [0.15, 0.2) is 46.2 Å². The third-order valence-corrected chi connectivity index (χ3v) is 6.09. The fourth-order valence-corrected chi connectivity index (χ4v) is 4.84. The Morgan fingerprint density at radius 3 is 1.68 bits per heavy atom. The normalized spacial score (nSPS) is 14.4. The van der Waals surface area contributed by atoms with Gasteiger partial charge in [-0.25, -0.2) is 0 Å². The molecule has 0 saturated heterocycles. The van der Waals surface area contributed by atoms with Crippen LogP contribution in [0.4, 0.5) is 0 Å². The van der Waals surface area contributed by atoms with Gasteiger partial charge in [-0.2, -0.15) is 0 Å². The first-order valence-corrected chi connectivity index (χ1v) is 9.39. The highest BCUT2D eigenvalue weighted by molar-refractivity contribution is 7.99. The SMILES string of the molecule is C(C#Cc1ccc2c(c1)CCS2)#Cc1ccc2c(c1)CCS2. The van der Waals surface area contributed by atoms with Crippen LogP contribution in [0.5, 0.6) is 0 Å². The van der Waals surface area contributed by atoms with Gasteiger partial charge in [-0.1, -0.05) is 11.8 Å². The summed E-state index contributed by atoms with van der Waals surface area (Å²) in [6, 6.07) is 13.0. The maximum absolute atomic E-state index is 3.16. The Balaban J connectivity index is 1.52. The molecule has 0 spiro atoms. The van der Waals surface area contributed by atoms with Gasteiger partial charge in [-0.05, 0) is 72.2 Å². The Kier molecular flexibility index (Phi) is 3.90. The standard InChI is InChI=1S/C20H14S2/c1(3-15-5-7-19-17(13-15)9-11-21-19)2-4-16-6-8-20-18(14-16)10-12-22-20/h5-8,13-14H,9-12H2. The third kappa shape index (κ3) is 2.91. The van der Waals surface area contributed by atoms with Crippen molar-refractivity contribution in [3.63, 3.8) is 0 Å². The predicted octanol–water partition coefficient (Wildman–Crippen LogP) is 4.39. The molecule has 22 heavy (non-hydrogen) atoms. The molecule has 0 bridgehead atoms. The number of rotatable bonds is 0. The van der Waals surface area contributed by atoms with Crippen molar-refractivity contribution in [1.82, 2.24) is 0 Å². The van der Waals surface area contributed by atoms with E-state index in [1.807, 2.05) is 23.5 Å². The number of thioether (sulfide) groups is 2. The van der Waals surface area contributed by atoms with E-state index in [-0.39, 0.29) is 0 Å². The smallest absolute Gasteiger partial charge is 0.0259 e. The minimum absolute atomic E-state index is 1.07. The first-order valence-electron chi connectivity index (χ1n) is 7.42. The number of fused-ring (bicyclic) bond motifs is 2. The number of benzene rings is 2. The van der Waals surface area contributed by atoms with Gasteiger partial charge in [0.15, 0.2) is 0 Å². The summed E-state index contributed by atoms with van der Waals surface area (Å²) in [6.45, 7) is 0. The van der Waals surface area contributed by atoms with Crippen LogP contribution in [-0.2, 0) is 12.8 Å². The van der Waals surface area contributed by atoms with Crippen molar-refractivity contribution < 1.29 is 0 Å². The lowest BCUT2D eigenvalue weighted by Gasteiger charge is -1.97. The van der Waals surface area contributed by atoms with Crippen LogP contribution in [0.25, 0.3) is 0 Å². The molecule has 2 aliphatic heterocycles. The molecule has 0 radical (unpaired) electrons. The lowest BCUT2D eigenvalue weighted by Crippen LogP contribution is -1.83. The van der Waals surface area contributed by atoms with Crippen molar-refractivity contribution in [3.8, 4) is 23.7 Å². The zero-order valence-corrected chi connectivity index (χ0v) is 13.7. The molecule has 106 valence electrons. The van der Waals surface area contributed by atoms with Crippen molar-refractivity contribution >= 4 is 23.5 Å². The minimum Gasteiger partial charge on any atom is -0.126 e. The molecule has 2 heteroatoms. The maximum atomic E-state index is 3.16. The van der Waals surface area contributed by atoms with E-state index >= 15 is 0 Å². The third-order valence-electron chi connectivity index (χ3n) is 3.86. The van der Waals surface area contributed by atoms with Crippen LogP contribution in [0.1, 0.15) is 22.3 Å². The molecule has 2 aromatic rings. The van der Waals surface area contributed by atoms with Gasteiger partial charge >= 0.3 is 0 Å². The molecule has 4 rings (SSSR count). The van der Waals surface area contributed by atoms with Crippen LogP contribution in [-0.4, -0.2) is 11.5 Å². The van der Waals surface area contributed by atoms with Gasteiger partial charge in [0.05, 0.1) is 0 Å². The molecule has 0 atom stereocenters. The van der Waals surface area contributed by atoms with Gasteiger partial charge in [0, 0.05) is 32.4 Å². The van der Waals surface area contributed by atoms with E-state index in [1.54, 1.807) is 0 Å². The average Bonchev–Trinajstić information content (AvgIpc) is 3.19. The molecule has 0 aromatic heterocycles. The van der Waals surface area contributed by atoms with Gasteiger partial charge in [0.1, 0.15) is 0 Å². The van der Waals surface area contributed by atoms with Gasteiger partial charge in [0.25, 0.3) is 0 Å². The highest BCUT2D eigenvalue weighted by atomic mass is 32.2. The quantitative estimate of drug-likeness (QED) is 0.661. The van der Waals surface area contributed by atoms with E-state index in [2.05, 4.69) is 60.1 Å². The zero-order chi connectivity index (χ0) is 14.8. The average molecular weight is 318 g/mol. The van der Waals surface area contributed by atoms with Crippen LogP contribution < -0.4 is 0 Å². The highest BCUT2D eigenvalue weighted by Crippen LogP contribution is 2.32. The topological polar surface area (TPSA) is 0 Å². The second-order valence-corrected chi connectivity index (χ2v) is 7.62. The van der Waals surface area contributed by atoms with Gasteiger partial charge in [0.2, 0.25) is 0 Å². The molecule has 0 amide bonds. The lowest BCUT2D eigenvalue weighted by atomic mass is 10.1. The molecule has 0 unspecified atom stereocenters. The molecule has 2 aliphatic rings. The van der Waals surface area contributed by atoms with E-state index in [4.69, 9.17) is 0 Å². The van der Waals surface area contributed by atoms with Crippen LogP contribution in [0, 0.1) is 23.7 Å². The fraction of sp³-hybridized carbons (Fsp3) is 0.200. The number of hydrogen-bond donors (Lipinski definition) is 0. The predicted molar refractivity (Wildman–Crippen MR) is 95.5 cm³/mol. The van der Waals surface area contributed by atoms with E-state index in [0.717, 1.165) is 24.0 Å². The Bertz CT molecular complexity index is 783. The highest BCUT2D eigenvalue weighted by Gasteiger charge is 2.11. The molecule has 2 aromatic carbocycles. The van der Waals surface area contributed by atoms with Crippen molar-refractivity contribution in [2.75, 3.05) is 11.5 Å². The van der Waals surface area contributed by atoms with Crippen molar-refractivity contribution in [2.45, 2.75) is 22.6 Å². The summed E-state index contributed by atoms with van der Waals surface area (Å²) in [5.41, 5.74) is 5.00. The zero-order valence-electron chi connectivity index (χ0n) is 12.1. The number of hydrogen-bond acceptors (Lipinski definition) is 2. The van der Waals surface area contributed by atoms with E-state index in [1.165, 1.54) is 32.4 Å². The summed E-state index contributed by atoms with van der Waals surface area (Å²) < 4.78 is 0. The van der Waals surface area contributed by atoms with Gasteiger partial charge < -0.3 is 0 Å². The molecule has 0 aliphatic carbocycles. The first-order chi connectivity index (χ1) is 10.9. The minimum atomic E-state index is 1.07. The largest absolute Gasteiger partial charge is 0.126 e. The Labute approximate surface area is 140 Å². The van der Waals surface area contributed by atoms with E-state index in [0.29, 0.717) is 0 Å². The molecular formula is C20H14S2. The Hall–Kier alpha value is -1.74. The van der Waals surface area contributed by atoms with Crippen LogP contribution in [0.2, 0.25) is 0 Å². The Morgan fingerprint density at radius 1 is 0.682 bits per heavy atom. The van der Waals surface area contributed by atoms with Crippen molar-refractivity contribution in [1.29, 1.82) is 0 Å². The monoisotopic (exact) mass is 318 g/mol. The summed E-state index contributed by atoms with van der Waals surface area (Å²) in [5, 5.41) is 0. The molecule has 2 heterocycles. The molecular weight excluding hydrogens is 304 g/mol. The van der Waals surface area contributed by atoms with Gasteiger partial charge in [-0.15, -0.1) is 23.5 Å². The van der Waals surface area contributed by atoms with Crippen LogP contribution >= 0.6 is 23.5 Å². The van der Waals surface area contributed by atoms with E-state index in [9.17, 15) is 0 Å². The maximum Gasteiger partial charge on any atom is 0.0259 e. The van der Waals surface area contributed by atoms with Crippen LogP contribution in [0.3, 0.4) is 0 Å². The summed E-state index contributed by atoms with van der Waals surface area (Å²) >= 11 is 3.87. The number of aryl methyl sites for hydroxylation is 2. The summed E-state index contributed by atoms with van der Waals surface area (Å²) in [5.74, 6) is 14.7. The van der Waals surface area contributed by atoms with Crippen molar-refractivity contribution in [3.05, 3.63) is 58.7 Å². The second kappa shape index (κ2) is 6.17. The van der Waals surface area contributed by atoms with Crippen molar-refractivity contribution in [2.24, 2.45) is 0 Å². The summed E-state index contributed by atoms with van der Waals surface area (Å²) in [7, 11) is 0. The lowest BCUT2D eigenvalue weighted by molar-refractivity contribution is 1.14. The molecule has 0 fully saturated rings. The second-order valence-electron chi connectivity index (χ2n) is 5.34. The Morgan fingerprint density at radius 2 is 1.18 bits per heavy atom. The summed E-state index contributed by atoms with van der Waals surface area (Å²) in [6.07, 6.45) is 2.32. The molecule has 0 saturated carbocycles. The molecule has 0 N–H and O–H groups in total. The van der Waals surface area contributed by atoms with Gasteiger partial charge in [-0.3, -0.25) is 0 Å². The van der Waals surface area contributed by atoms with E-state index < -0.39 is 0 Å². The summed E-state index contributed by atoms with van der Waals surface area (Å²) in [4.78, 5) is 2.82. The fourth-order valence-electron chi connectivity index (χ4n) is 2.74.